The Morgan fingerprint density at radius 1 is 1.35 bits per heavy atom. The maximum atomic E-state index is 11.5. The SMILES string of the molecule is NC(CCC(=O)O)C(=O)Nc1ccc(Cl)cc1. The molecule has 0 heterocycles. The summed E-state index contributed by atoms with van der Waals surface area (Å²) in [5, 5.41) is 11.6. The van der Waals surface area contributed by atoms with Crippen LogP contribution < -0.4 is 11.1 Å². The molecule has 0 aliphatic carbocycles. The van der Waals surface area contributed by atoms with Crippen LogP contribution >= 0.6 is 11.6 Å². The zero-order valence-electron chi connectivity index (χ0n) is 9.02. The molecule has 0 radical (unpaired) electrons. The number of nitrogens with one attached hydrogen (secondary N) is 1. The van der Waals surface area contributed by atoms with Gasteiger partial charge in [0, 0.05) is 17.1 Å². The molecule has 5 nitrogen and oxygen atoms in total. The lowest BCUT2D eigenvalue weighted by molar-refractivity contribution is -0.137. The van der Waals surface area contributed by atoms with Gasteiger partial charge in [0.25, 0.3) is 0 Å². The highest BCUT2D eigenvalue weighted by Crippen LogP contribution is 2.13. The highest BCUT2D eigenvalue weighted by Gasteiger charge is 2.14. The van der Waals surface area contributed by atoms with Crippen LogP contribution in [0.4, 0.5) is 5.69 Å². The summed E-state index contributed by atoms with van der Waals surface area (Å²) in [4.78, 5) is 21.9. The molecule has 4 N–H and O–H groups in total. The van der Waals surface area contributed by atoms with Gasteiger partial charge in [-0.3, -0.25) is 9.59 Å². The van der Waals surface area contributed by atoms with Crippen LogP contribution in [0.2, 0.25) is 5.02 Å². The van der Waals surface area contributed by atoms with Gasteiger partial charge >= 0.3 is 5.97 Å². The van der Waals surface area contributed by atoms with E-state index in [1.165, 1.54) is 0 Å². The van der Waals surface area contributed by atoms with E-state index in [-0.39, 0.29) is 12.8 Å². The van der Waals surface area contributed by atoms with Crippen LogP contribution in [0.15, 0.2) is 24.3 Å². The normalized spacial score (nSPS) is 11.9. The molecule has 6 heteroatoms. The Bertz CT molecular complexity index is 406. The molecule has 0 saturated heterocycles. The van der Waals surface area contributed by atoms with Gasteiger partial charge in [-0.2, -0.15) is 0 Å². The summed E-state index contributed by atoms with van der Waals surface area (Å²) in [5.74, 6) is -1.38. The van der Waals surface area contributed by atoms with Crippen molar-refractivity contribution in [2.75, 3.05) is 5.32 Å². The Balaban J connectivity index is 2.48. The molecule has 1 aromatic rings. The summed E-state index contributed by atoms with van der Waals surface area (Å²) in [6.07, 6.45) is -0.0238. The number of halogens is 1. The van der Waals surface area contributed by atoms with Gasteiger partial charge in [0.1, 0.15) is 0 Å². The molecular formula is C11H13ClN2O3. The summed E-state index contributed by atoms with van der Waals surface area (Å²) >= 11 is 5.69. The number of anilines is 1. The number of benzene rings is 1. The van der Waals surface area contributed by atoms with Gasteiger partial charge in [-0.05, 0) is 30.7 Å². The molecule has 92 valence electrons. The van der Waals surface area contributed by atoms with Gasteiger partial charge in [-0.1, -0.05) is 11.6 Å². The zero-order chi connectivity index (χ0) is 12.8. The third-order valence-electron chi connectivity index (χ3n) is 2.12. The Labute approximate surface area is 104 Å². The molecule has 17 heavy (non-hydrogen) atoms. The zero-order valence-corrected chi connectivity index (χ0v) is 9.78. The van der Waals surface area contributed by atoms with Crippen molar-refractivity contribution in [2.24, 2.45) is 5.73 Å². The molecule has 0 saturated carbocycles. The van der Waals surface area contributed by atoms with Crippen molar-refractivity contribution in [3.05, 3.63) is 29.3 Å². The highest BCUT2D eigenvalue weighted by atomic mass is 35.5. The number of hydrogen-bond acceptors (Lipinski definition) is 3. The van der Waals surface area contributed by atoms with Crippen LogP contribution in [0, 0.1) is 0 Å². The lowest BCUT2D eigenvalue weighted by atomic mass is 10.1. The maximum Gasteiger partial charge on any atom is 0.303 e. The smallest absolute Gasteiger partial charge is 0.303 e. The van der Waals surface area contributed by atoms with Crippen LogP contribution in [0.3, 0.4) is 0 Å². The molecule has 0 bridgehead atoms. The number of carbonyl (C=O) groups excluding carboxylic acids is 1. The number of carboxylic acid groups (broad SMARTS) is 1. The maximum absolute atomic E-state index is 11.5. The first-order valence-electron chi connectivity index (χ1n) is 5.03. The first-order chi connectivity index (χ1) is 7.99. The van der Waals surface area contributed by atoms with Crippen molar-refractivity contribution >= 4 is 29.2 Å². The topological polar surface area (TPSA) is 92.4 Å². The minimum Gasteiger partial charge on any atom is -0.481 e. The second-order valence-corrected chi connectivity index (χ2v) is 3.97. The van der Waals surface area contributed by atoms with E-state index in [9.17, 15) is 9.59 Å². The van der Waals surface area contributed by atoms with E-state index in [1.807, 2.05) is 0 Å². The standard InChI is InChI=1S/C11H13ClN2O3/c12-7-1-3-8(4-2-7)14-11(17)9(13)5-6-10(15)16/h1-4,9H,5-6,13H2,(H,14,17)(H,15,16). The molecule has 0 aliphatic rings. The van der Waals surface area contributed by atoms with Gasteiger partial charge in [-0.15, -0.1) is 0 Å². The van der Waals surface area contributed by atoms with Gasteiger partial charge < -0.3 is 16.2 Å². The van der Waals surface area contributed by atoms with E-state index < -0.39 is 17.9 Å². The number of amides is 1. The van der Waals surface area contributed by atoms with Crippen LogP contribution in [0.25, 0.3) is 0 Å². The third kappa shape index (κ3) is 4.84. The van der Waals surface area contributed by atoms with Crippen molar-refractivity contribution in [3.63, 3.8) is 0 Å². The second kappa shape index (κ2) is 6.22. The summed E-state index contributed by atoms with van der Waals surface area (Å²) in [7, 11) is 0. The number of rotatable bonds is 5. The van der Waals surface area contributed by atoms with E-state index in [2.05, 4.69) is 5.32 Å². The minimum atomic E-state index is -0.972. The Kier molecular flexibility index (Phi) is 4.93. The van der Waals surface area contributed by atoms with Crippen LogP contribution in [0.1, 0.15) is 12.8 Å². The van der Waals surface area contributed by atoms with Crippen molar-refractivity contribution in [1.82, 2.24) is 0 Å². The third-order valence-corrected chi connectivity index (χ3v) is 2.37. The molecule has 0 aliphatic heterocycles. The number of aliphatic carboxylic acids is 1. The fraction of sp³-hybridized carbons (Fsp3) is 0.273. The molecule has 1 rings (SSSR count). The summed E-state index contributed by atoms with van der Waals surface area (Å²) in [6.45, 7) is 0. The summed E-state index contributed by atoms with van der Waals surface area (Å²) in [6, 6.07) is 5.73. The predicted molar refractivity (Wildman–Crippen MR) is 64.9 cm³/mol. The van der Waals surface area contributed by atoms with Crippen molar-refractivity contribution in [2.45, 2.75) is 18.9 Å². The Morgan fingerprint density at radius 2 is 1.94 bits per heavy atom. The largest absolute Gasteiger partial charge is 0.481 e. The molecule has 1 unspecified atom stereocenters. The van der Waals surface area contributed by atoms with Gasteiger partial charge in [0.15, 0.2) is 0 Å². The monoisotopic (exact) mass is 256 g/mol. The fourth-order valence-electron chi connectivity index (χ4n) is 1.18. The van der Waals surface area contributed by atoms with Gasteiger partial charge in [-0.25, -0.2) is 0 Å². The first-order valence-corrected chi connectivity index (χ1v) is 5.40. The number of carboxylic acids is 1. The van der Waals surface area contributed by atoms with Gasteiger partial charge in [0.2, 0.25) is 5.91 Å². The Morgan fingerprint density at radius 3 is 2.47 bits per heavy atom. The van der Waals surface area contributed by atoms with Crippen LogP contribution in [-0.2, 0) is 9.59 Å². The predicted octanol–water partition coefficient (Wildman–Crippen LogP) is 1.47. The average Bonchev–Trinajstić information content (AvgIpc) is 2.28. The molecule has 1 atom stereocenters. The number of nitrogens with two attached hydrogens (primary N) is 1. The molecule has 1 aromatic carbocycles. The van der Waals surface area contributed by atoms with E-state index in [4.69, 9.17) is 22.4 Å². The molecule has 1 amide bonds. The van der Waals surface area contributed by atoms with Crippen molar-refractivity contribution < 1.29 is 14.7 Å². The van der Waals surface area contributed by atoms with E-state index in [1.54, 1.807) is 24.3 Å². The van der Waals surface area contributed by atoms with Crippen molar-refractivity contribution in [3.8, 4) is 0 Å². The van der Waals surface area contributed by atoms with E-state index in [0.29, 0.717) is 10.7 Å². The van der Waals surface area contributed by atoms with Crippen molar-refractivity contribution in [1.29, 1.82) is 0 Å². The van der Waals surface area contributed by atoms with E-state index in [0.717, 1.165) is 0 Å². The van der Waals surface area contributed by atoms with Gasteiger partial charge in [0.05, 0.1) is 6.04 Å². The fourth-order valence-corrected chi connectivity index (χ4v) is 1.30. The quantitative estimate of drug-likeness (QED) is 0.744. The second-order valence-electron chi connectivity index (χ2n) is 3.54. The number of carbonyl (C=O) groups is 2. The van der Waals surface area contributed by atoms with Crippen LogP contribution in [0.5, 0.6) is 0 Å². The van der Waals surface area contributed by atoms with Crippen LogP contribution in [-0.4, -0.2) is 23.0 Å². The first kappa shape index (κ1) is 13.5. The lowest BCUT2D eigenvalue weighted by Crippen LogP contribution is -2.36. The molecule has 0 fully saturated rings. The average molecular weight is 257 g/mol. The summed E-state index contributed by atoms with van der Waals surface area (Å²) < 4.78 is 0. The minimum absolute atomic E-state index is 0.106. The molecule has 0 spiro atoms. The highest BCUT2D eigenvalue weighted by molar-refractivity contribution is 6.30. The summed E-state index contributed by atoms with van der Waals surface area (Å²) in [5.41, 5.74) is 6.12. The lowest BCUT2D eigenvalue weighted by Gasteiger charge is -2.11. The molecule has 0 aromatic heterocycles. The Hall–Kier alpha value is -1.59. The van der Waals surface area contributed by atoms with E-state index >= 15 is 0 Å². The molecular weight excluding hydrogens is 244 g/mol. The number of hydrogen-bond donors (Lipinski definition) is 3.